The minimum Gasteiger partial charge on any atom is -0.326 e. The fraction of sp³-hybridized carbons (Fsp3) is 0.0455. The van der Waals surface area contributed by atoms with Crippen molar-refractivity contribution in [3.63, 3.8) is 0 Å². The number of hydrogen-bond acceptors (Lipinski definition) is 3. The van der Waals surface area contributed by atoms with Crippen LogP contribution in [0.3, 0.4) is 0 Å². The van der Waals surface area contributed by atoms with Gasteiger partial charge in [0.1, 0.15) is 0 Å². The van der Waals surface area contributed by atoms with Crippen molar-refractivity contribution in [3.8, 4) is 0 Å². The van der Waals surface area contributed by atoms with E-state index in [1.807, 2.05) is 18.2 Å². The highest BCUT2D eigenvalue weighted by atomic mass is 16.2. The van der Waals surface area contributed by atoms with Gasteiger partial charge < -0.3 is 10.6 Å². The van der Waals surface area contributed by atoms with Crippen LogP contribution >= 0.6 is 0 Å². The van der Waals surface area contributed by atoms with Gasteiger partial charge in [0, 0.05) is 35.0 Å². The normalized spacial score (nSPS) is 10.1. The zero-order valence-corrected chi connectivity index (χ0v) is 14.7. The molecule has 3 aromatic carbocycles. The molecule has 0 radical (unpaired) electrons. The van der Waals surface area contributed by atoms with Gasteiger partial charge in [-0.25, -0.2) is 0 Å². The summed E-state index contributed by atoms with van der Waals surface area (Å²) in [7, 11) is 0. The minimum atomic E-state index is -0.298. The number of carbonyl (C=O) groups is 3. The van der Waals surface area contributed by atoms with Crippen LogP contribution in [-0.4, -0.2) is 17.6 Å². The Kier molecular flexibility index (Phi) is 5.42. The second-order valence-electron chi connectivity index (χ2n) is 5.99. The Labute approximate surface area is 157 Å². The Morgan fingerprint density at radius 3 is 1.96 bits per heavy atom. The molecule has 2 amide bonds. The largest absolute Gasteiger partial charge is 0.326 e. The van der Waals surface area contributed by atoms with E-state index >= 15 is 0 Å². The molecular weight excluding hydrogens is 340 g/mol. The molecule has 2 N–H and O–H groups in total. The topological polar surface area (TPSA) is 75.3 Å². The molecule has 0 aliphatic heterocycles. The monoisotopic (exact) mass is 358 g/mol. The van der Waals surface area contributed by atoms with Crippen molar-refractivity contribution in [1.82, 2.24) is 0 Å². The van der Waals surface area contributed by atoms with Gasteiger partial charge in [0.25, 0.3) is 5.91 Å². The number of carbonyl (C=O) groups excluding carboxylic acids is 3. The molecule has 5 nitrogen and oxygen atoms in total. The van der Waals surface area contributed by atoms with Gasteiger partial charge in [-0.3, -0.25) is 14.4 Å². The molecule has 0 bridgehead atoms. The van der Waals surface area contributed by atoms with Crippen LogP contribution in [0.15, 0.2) is 78.9 Å². The van der Waals surface area contributed by atoms with Crippen LogP contribution in [0.25, 0.3) is 0 Å². The number of ketones is 1. The molecule has 0 saturated carbocycles. The fourth-order valence-corrected chi connectivity index (χ4v) is 2.61. The fourth-order valence-electron chi connectivity index (χ4n) is 2.61. The summed E-state index contributed by atoms with van der Waals surface area (Å²) in [5.74, 6) is -0.577. The molecule has 0 aliphatic rings. The lowest BCUT2D eigenvalue weighted by atomic mass is 10.0. The predicted octanol–water partition coefficient (Wildman–Crippen LogP) is 4.13. The average molecular weight is 358 g/mol. The van der Waals surface area contributed by atoms with Gasteiger partial charge in [-0.05, 0) is 36.4 Å². The van der Waals surface area contributed by atoms with Crippen molar-refractivity contribution < 1.29 is 14.4 Å². The zero-order chi connectivity index (χ0) is 19.2. The smallest absolute Gasteiger partial charge is 0.255 e. The highest BCUT2D eigenvalue weighted by Crippen LogP contribution is 2.17. The van der Waals surface area contributed by atoms with Crippen molar-refractivity contribution >= 4 is 29.0 Å². The quantitative estimate of drug-likeness (QED) is 0.674. The Hall–Kier alpha value is -3.73. The highest BCUT2D eigenvalue weighted by molar-refractivity contribution is 6.10. The molecule has 0 atom stereocenters. The third-order valence-corrected chi connectivity index (χ3v) is 3.89. The van der Waals surface area contributed by atoms with Gasteiger partial charge in [0.05, 0.1) is 0 Å². The SMILES string of the molecule is CC(=O)Nc1ccc(C(=O)Nc2cccc(C(=O)c3ccccc3)c2)cc1. The summed E-state index contributed by atoms with van der Waals surface area (Å²) in [6.07, 6.45) is 0. The van der Waals surface area contributed by atoms with Gasteiger partial charge in [-0.1, -0.05) is 42.5 Å². The van der Waals surface area contributed by atoms with Crippen molar-refractivity contribution in [1.29, 1.82) is 0 Å². The van der Waals surface area contributed by atoms with E-state index < -0.39 is 0 Å². The van der Waals surface area contributed by atoms with Crippen molar-refractivity contribution in [2.45, 2.75) is 6.92 Å². The van der Waals surface area contributed by atoms with E-state index in [1.165, 1.54) is 6.92 Å². The maximum atomic E-state index is 12.5. The predicted molar refractivity (Wildman–Crippen MR) is 105 cm³/mol. The summed E-state index contributed by atoms with van der Waals surface area (Å²) >= 11 is 0. The molecule has 0 fully saturated rings. The van der Waals surface area contributed by atoms with E-state index in [0.29, 0.717) is 28.1 Å². The van der Waals surface area contributed by atoms with Crippen molar-refractivity contribution in [3.05, 3.63) is 95.6 Å². The first-order valence-electron chi connectivity index (χ1n) is 8.42. The second-order valence-corrected chi connectivity index (χ2v) is 5.99. The first-order valence-corrected chi connectivity index (χ1v) is 8.42. The summed E-state index contributed by atoms with van der Waals surface area (Å²) in [5.41, 5.74) is 2.70. The third kappa shape index (κ3) is 4.67. The van der Waals surface area contributed by atoms with Crippen LogP contribution in [0.1, 0.15) is 33.2 Å². The van der Waals surface area contributed by atoms with Crippen LogP contribution in [0, 0.1) is 0 Å². The molecule has 5 heteroatoms. The Balaban J connectivity index is 1.73. The van der Waals surface area contributed by atoms with Gasteiger partial charge in [0.15, 0.2) is 5.78 Å². The number of benzene rings is 3. The molecule has 0 heterocycles. The molecule has 0 aromatic heterocycles. The van der Waals surface area contributed by atoms with E-state index in [9.17, 15) is 14.4 Å². The van der Waals surface area contributed by atoms with Gasteiger partial charge >= 0.3 is 0 Å². The van der Waals surface area contributed by atoms with Crippen LogP contribution in [-0.2, 0) is 4.79 Å². The Morgan fingerprint density at radius 1 is 0.630 bits per heavy atom. The first kappa shape index (κ1) is 18.1. The molecule has 27 heavy (non-hydrogen) atoms. The lowest BCUT2D eigenvalue weighted by Crippen LogP contribution is -2.13. The van der Waals surface area contributed by atoms with Crippen molar-refractivity contribution in [2.75, 3.05) is 10.6 Å². The summed E-state index contributed by atoms with van der Waals surface area (Å²) in [5, 5.41) is 5.43. The van der Waals surface area contributed by atoms with Gasteiger partial charge in [-0.15, -0.1) is 0 Å². The molecular formula is C22H18N2O3. The number of nitrogens with one attached hydrogen (secondary N) is 2. The number of hydrogen-bond donors (Lipinski definition) is 2. The molecule has 3 rings (SSSR count). The molecule has 0 aliphatic carbocycles. The van der Waals surface area contributed by atoms with E-state index in [4.69, 9.17) is 0 Å². The lowest BCUT2D eigenvalue weighted by Gasteiger charge is -2.08. The third-order valence-electron chi connectivity index (χ3n) is 3.89. The molecule has 3 aromatic rings. The van der Waals surface area contributed by atoms with E-state index in [1.54, 1.807) is 60.7 Å². The van der Waals surface area contributed by atoms with E-state index in [0.717, 1.165) is 0 Å². The van der Waals surface area contributed by atoms with Crippen LogP contribution in [0.4, 0.5) is 11.4 Å². The second kappa shape index (κ2) is 8.10. The first-order chi connectivity index (χ1) is 13.0. The summed E-state index contributed by atoms with van der Waals surface area (Å²) < 4.78 is 0. The zero-order valence-electron chi connectivity index (χ0n) is 14.7. The van der Waals surface area contributed by atoms with Gasteiger partial charge in [0.2, 0.25) is 5.91 Å². The summed E-state index contributed by atoms with van der Waals surface area (Å²) in [6, 6.07) is 22.4. The maximum Gasteiger partial charge on any atom is 0.255 e. The van der Waals surface area contributed by atoms with E-state index in [-0.39, 0.29) is 17.6 Å². The average Bonchev–Trinajstić information content (AvgIpc) is 2.68. The van der Waals surface area contributed by atoms with Gasteiger partial charge in [-0.2, -0.15) is 0 Å². The molecule has 0 saturated heterocycles. The number of amides is 2. The van der Waals surface area contributed by atoms with Crippen LogP contribution in [0.5, 0.6) is 0 Å². The summed E-state index contributed by atoms with van der Waals surface area (Å²) in [6.45, 7) is 1.42. The van der Waals surface area contributed by atoms with Crippen LogP contribution in [0.2, 0.25) is 0 Å². The van der Waals surface area contributed by atoms with Crippen molar-refractivity contribution in [2.24, 2.45) is 0 Å². The number of anilines is 2. The van der Waals surface area contributed by atoms with Crippen LogP contribution < -0.4 is 10.6 Å². The standard InChI is InChI=1S/C22H18N2O3/c1-15(25)23-19-12-10-17(11-13-19)22(27)24-20-9-5-8-18(14-20)21(26)16-6-3-2-4-7-16/h2-14H,1H3,(H,23,25)(H,24,27). The summed E-state index contributed by atoms with van der Waals surface area (Å²) in [4.78, 5) is 36.0. The maximum absolute atomic E-state index is 12.5. The lowest BCUT2D eigenvalue weighted by molar-refractivity contribution is -0.114. The highest BCUT2D eigenvalue weighted by Gasteiger charge is 2.11. The van der Waals surface area contributed by atoms with E-state index in [2.05, 4.69) is 10.6 Å². The Morgan fingerprint density at radius 2 is 1.30 bits per heavy atom. The molecule has 0 spiro atoms. The minimum absolute atomic E-state index is 0.105. The number of rotatable bonds is 5. The Bertz CT molecular complexity index is 980. The molecule has 0 unspecified atom stereocenters. The molecule has 134 valence electrons.